The molecule has 0 saturated heterocycles. The smallest absolute Gasteiger partial charge is 0.0152 e. The quantitative estimate of drug-likeness (QED) is 0.336. The third kappa shape index (κ3) is 5.38. The fraction of sp³-hybridized carbons (Fsp3) is 0.429. The molecule has 2 aromatic rings. The van der Waals surface area contributed by atoms with Gasteiger partial charge in [0.1, 0.15) is 0 Å². The van der Waals surface area contributed by atoms with Crippen LogP contribution in [-0.2, 0) is 6.42 Å². The molecule has 0 atom stereocenters. The van der Waals surface area contributed by atoms with E-state index in [4.69, 9.17) is 0 Å². The van der Waals surface area contributed by atoms with Gasteiger partial charge >= 0.3 is 0 Å². The molecule has 0 aliphatic carbocycles. The van der Waals surface area contributed by atoms with Crippen molar-refractivity contribution in [2.75, 3.05) is 0 Å². The molecule has 0 saturated carbocycles. The Hall–Kier alpha value is -1.56. The van der Waals surface area contributed by atoms with Crippen molar-refractivity contribution in [3.05, 3.63) is 60.7 Å². The van der Waals surface area contributed by atoms with Gasteiger partial charge in [-0.1, -0.05) is 80.6 Å². The first kappa shape index (κ1) is 15.8. The molecule has 0 N–H and O–H groups in total. The Morgan fingerprint density at radius 1 is 0.714 bits per heavy atom. The number of fused-ring (bicyclic) bond motifs is 1. The van der Waals surface area contributed by atoms with E-state index in [0.717, 1.165) is 0 Å². The summed E-state index contributed by atoms with van der Waals surface area (Å²) >= 11 is 0. The van der Waals surface area contributed by atoms with Gasteiger partial charge in [-0.3, -0.25) is 0 Å². The van der Waals surface area contributed by atoms with E-state index in [9.17, 15) is 0 Å². The van der Waals surface area contributed by atoms with E-state index in [-0.39, 0.29) is 0 Å². The maximum atomic E-state index is 3.77. The fourth-order valence-corrected chi connectivity index (χ4v) is 3.00. The van der Waals surface area contributed by atoms with Crippen LogP contribution in [0.25, 0.3) is 10.8 Å². The summed E-state index contributed by atoms with van der Waals surface area (Å²) in [6, 6.07) is 15.4. The predicted octanol–water partition coefficient (Wildman–Crippen LogP) is 6.69. The lowest BCUT2D eigenvalue weighted by Gasteiger charge is -2.06. The van der Waals surface area contributed by atoms with Crippen molar-refractivity contribution in [1.82, 2.24) is 0 Å². The Morgan fingerprint density at radius 2 is 1.38 bits per heavy atom. The summed E-state index contributed by atoms with van der Waals surface area (Å²) in [5.74, 6) is 0. The molecule has 0 heterocycles. The van der Waals surface area contributed by atoms with E-state index >= 15 is 0 Å². The van der Waals surface area contributed by atoms with Gasteiger partial charge in [0.15, 0.2) is 0 Å². The van der Waals surface area contributed by atoms with Crippen LogP contribution in [0.1, 0.15) is 56.9 Å². The van der Waals surface area contributed by atoms with E-state index in [1.54, 1.807) is 0 Å². The minimum Gasteiger partial charge on any atom is -0.103 e. The first-order valence-corrected chi connectivity index (χ1v) is 8.49. The first-order chi connectivity index (χ1) is 10.4. The molecule has 0 aliphatic heterocycles. The van der Waals surface area contributed by atoms with Gasteiger partial charge in [-0.15, -0.1) is 6.58 Å². The minimum absolute atomic E-state index is 1.18. The van der Waals surface area contributed by atoms with Crippen LogP contribution in [0, 0.1) is 0 Å². The van der Waals surface area contributed by atoms with Gasteiger partial charge in [-0.25, -0.2) is 0 Å². The Bertz CT molecular complexity index is 533. The van der Waals surface area contributed by atoms with Crippen LogP contribution in [-0.4, -0.2) is 0 Å². The number of hydrogen-bond donors (Lipinski definition) is 0. The van der Waals surface area contributed by atoms with Gasteiger partial charge in [-0.05, 0) is 42.0 Å². The lowest BCUT2D eigenvalue weighted by atomic mass is 9.99. The molecule has 0 aliphatic rings. The van der Waals surface area contributed by atoms with Crippen molar-refractivity contribution in [2.45, 2.75) is 57.8 Å². The first-order valence-electron chi connectivity index (χ1n) is 8.49. The largest absolute Gasteiger partial charge is 0.103 e. The number of rotatable bonds is 10. The molecule has 0 bridgehead atoms. The normalized spacial score (nSPS) is 10.9. The maximum absolute atomic E-state index is 3.77. The molecule has 0 spiro atoms. The molecule has 0 aromatic heterocycles. The molecule has 0 unspecified atom stereocenters. The SMILES string of the molecule is C=CCCCCCCCCCc1cccc2ccccc12. The Balaban J connectivity index is 1.65. The zero-order valence-corrected chi connectivity index (χ0v) is 13.2. The molecule has 2 aromatic carbocycles. The number of allylic oxidation sites excluding steroid dienone is 1. The van der Waals surface area contributed by atoms with E-state index in [2.05, 4.69) is 49.0 Å². The lowest BCUT2D eigenvalue weighted by Crippen LogP contribution is -1.88. The van der Waals surface area contributed by atoms with Gasteiger partial charge in [0.25, 0.3) is 0 Å². The van der Waals surface area contributed by atoms with E-state index in [1.165, 1.54) is 74.1 Å². The number of hydrogen-bond acceptors (Lipinski definition) is 0. The molecule has 0 heteroatoms. The summed E-state index contributed by atoms with van der Waals surface area (Å²) in [5.41, 5.74) is 1.51. The van der Waals surface area contributed by atoms with Crippen molar-refractivity contribution >= 4 is 10.8 Å². The number of unbranched alkanes of at least 4 members (excludes halogenated alkanes) is 7. The van der Waals surface area contributed by atoms with Gasteiger partial charge in [0, 0.05) is 0 Å². The zero-order chi connectivity index (χ0) is 14.8. The molecule has 0 nitrogen and oxygen atoms in total. The highest BCUT2D eigenvalue weighted by Crippen LogP contribution is 2.20. The number of benzene rings is 2. The van der Waals surface area contributed by atoms with Crippen LogP contribution in [0.2, 0.25) is 0 Å². The molecule has 2 rings (SSSR count). The maximum Gasteiger partial charge on any atom is -0.0152 e. The zero-order valence-electron chi connectivity index (χ0n) is 13.2. The van der Waals surface area contributed by atoms with Crippen molar-refractivity contribution in [1.29, 1.82) is 0 Å². The van der Waals surface area contributed by atoms with E-state index in [0.29, 0.717) is 0 Å². The molecule has 21 heavy (non-hydrogen) atoms. The highest BCUT2D eigenvalue weighted by molar-refractivity contribution is 5.85. The van der Waals surface area contributed by atoms with Crippen molar-refractivity contribution in [3.8, 4) is 0 Å². The average Bonchev–Trinajstić information content (AvgIpc) is 2.53. The molecule has 0 amide bonds. The molecular formula is C21H28. The van der Waals surface area contributed by atoms with Gasteiger partial charge in [0.05, 0.1) is 0 Å². The molecular weight excluding hydrogens is 252 g/mol. The monoisotopic (exact) mass is 280 g/mol. The average molecular weight is 280 g/mol. The van der Waals surface area contributed by atoms with Crippen LogP contribution < -0.4 is 0 Å². The van der Waals surface area contributed by atoms with Crippen LogP contribution in [0.4, 0.5) is 0 Å². The molecule has 0 radical (unpaired) electrons. The van der Waals surface area contributed by atoms with Crippen LogP contribution in [0.5, 0.6) is 0 Å². The number of aryl methyl sites for hydroxylation is 1. The second-order valence-electron chi connectivity index (χ2n) is 5.94. The third-order valence-electron chi connectivity index (χ3n) is 4.23. The summed E-state index contributed by atoms with van der Waals surface area (Å²) in [6.45, 7) is 3.77. The summed E-state index contributed by atoms with van der Waals surface area (Å²) < 4.78 is 0. The predicted molar refractivity (Wildman–Crippen MR) is 94.8 cm³/mol. The van der Waals surface area contributed by atoms with Crippen molar-refractivity contribution in [2.24, 2.45) is 0 Å². The summed E-state index contributed by atoms with van der Waals surface area (Å²) in [5, 5.41) is 2.81. The second kappa shape index (κ2) is 9.39. The van der Waals surface area contributed by atoms with Crippen LogP contribution in [0.3, 0.4) is 0 Å². The molecule has 0 fully saturated rings. The van der Waals surface area contributed by atoms with Gasteiger partial charge in [-0.2, -0.15) is 0 Å². The standard InChI is InChI=1S/C21H28/c1-2-3-4-5-6-7-8-9-10-14-19-16-13-17-20-15-11-12-18-21(19)20/h2,11-13,15-18H,1,3-10,14H2. The highest BCUT2D eigenvalue weighted by Gasteiger charge is 2.00. The fourth-order valence-electron chi connectivity index (χ4n) is 3.00. The van der Waals surface area contributed by atoms with Crippen LogP contribution in [0.15, 0.2) is 55.1 Å². The lowest BCUT2D eigenvalue weighted by molar-refractivity contribution is 0.582. The topological polar surface area (TPSA) is 0 Å². The molecule has 112 valence electrons. The van der Waals surface area contributed by atoms with E-state index in [1.807, 2.05) is 6.08 Å². The van der Waals surface area contributed by atoms with Gasteiger partial charge < -0.3 is 0 Å². The van der Waals surface area contributed by atoms with Crippen molar-refractivity contribution in [3.63, 3.8) is 0 Å². The summed E-state index contributed by atoms with van der Waals surface area (Å²) in [4.78, 5) is 0. The summed E-state index contributed by atoms with van der Waals surface area (Å²) in [7, 11) is 0. The highest BCUT2D eigenvalue weighted by atomic mass is 14.0. The van der Waals surface area contributed by atoms with Gasteiger partial charge in [0.2, 0.25) is 0 Å². The van der Waals surface area contributed by atoms with E-state index < -0.39 is 0 Å². The Kier molecular flexibility index (Phi) is 7.07. The Labute approximate surface area is 129 Å². The van der Waals surface area contributed by atoms with Crippen LogP contribution >= 0.6 is 0 Å². The Morgan fingerprint density at radius 3 is 2.19 bits per heavy atom. The van der Waals surface area contributed by atoms with Crippen molar-refractivity contribution < 1.29 is 0 Å². The minimum atomic E-state index is 1.18. The third-order valence-corrected chi connectivity index (χ3v) is 4.23. The summed E-state index contributed by atoms with van der Waals surface area (Å²) in [6.07, 6.45) is 14.0. The second-order valence-corrected chi connectivity index (χ2v) is 5.94.